The molecule has 1 saturated carbocycles. The fourth-order valence-electron chi connectivity index (χ4n) is 1.89. The second-order valence-corrected chi connectivity index (χ2v) is 3.03. The fraction of sp³-hybridized carbons (Fsp3) is 0.600. The predicted molar refractivity (Wildman–Crippen MR) is 44.4 cm³/mol. The minimum atomic E-state index is 1.01. The van der Waals surface area contributed by atoms with Gasteiger partial charge in [-0.2, -0.15) is 0 Å². The summed E-state index contributed by atoms with van der Waals surface area (Å²) in [7, 11) is 0. The minimum absolute atomic E-state index is 1.01. The first-order valence-corrected chi connectivity index (χ1v) is 3.93. The van der Waals surface area contributed by atoms with Crippen LogP contribution in [0.25, 0.3) is 0 Å². The Morgan fingerprint density at radius 1 is 1.40 bits per heavy atom. The van der Waals surface area contributed by atoms with Crippen LogP contribution in [0.4, 0.5) is 0 Å². The SMILES string of the molecule is C#C.CCC1CC2C=CC21. The molecule has 0 aromatic heterocycles. The van der Waals surface area contributed by atoms with E-state index < -0.39 is 0 Å². The summed E-state index contributed by atoms with van der Waals surface area (Å²) < 4.78 is 0. The zero-order chi connectivity index (χ0) is 7.56. The van der Waals surface area contributed by atoms with Gasteiger partial charge >= 0.3 is 0 Å². The lowest BCUT2D eigenvalue weighted by Gasteiger charge is -2.47. The monoisotopic (exact) mass is 134 g/mol. The second-order valence-electron chi connectivity index (χ2n) is 3.03. The maximum absolute atomic E-state index is 4.00. The molecule has 0 aromatic carbocycles. The van der Waals surface area contributed by atoms with E-state index >= 15 is 0 Å². The van der Waals surface area contributed by atoms with Gasteiger partial charge in [-0.1, -0.05) is 25.5 Å². The zero-order valence-electron chi connectivity index (χ0n) is 6.46. The van der Waals surface area contributed by atoms with Crippen LogP contribution in [0.1, 0.15) is 19.8 Å². The lowest BCUT2D eigenvalue weighted by atomic mass is 9.58. The van der Waals surface area contributed by atoms with E-state index in [2.05, 4.69) is 31.9 Å². The topological polar surface area (TPSA) is 0 Å². The highest BCUT2D eigenvalue weighted by Crippen LogP contribution is 2.49. The summed E-state index contributed by atoms with van der Waals surface area (Å²) in [4.78, 5) is 0. The van der Waals surface area contributed by atoms with Crippen molar-refractivity contribution in [2.45, 2.75) is 19.8 Å². The van der Waals surface area contributed by atoms with E-state index in [-0.39, 0.29) is 0 Å². The average Bonchev–Trinajstić information content (AvgIpc) is 1.99. The van der Waals surface area contributed by atoms with E-state index in [0.717, 1.165) is 17.8 Å². The number of rotatable bonds is 1. The second kappa shape index (κ2) is 2.92. The van der Waals surface area contributed by atoms with Crippen molar-refractivity contribution >= 4 is 0 Å². The average molecular weight is 134 g/mol. The molecule has 2 aliphatic rings. The maximum atomic E-state index is 4.00. The molecule has 2 rings (SSSR count). The van der Waals surface area contributed by atoms with E-state index in [0.29, 0.717) is 0 Å². The Morgan fingerprint density at radius 3 is 2.20 bits per heavy atom. The quantitative estimate of drug-likeness (QED) is 0.382. The highest BCUT2D eigenvalue weighted by atomic mass is 14.4. The van der Waals surface area contributed by atoms with Gasteiger partial charge in [0, 0.05) is 0 Å². The van der Waals surface area contributed by atoms with Crippen LogP contribution in [-0.4, -0.2) is 0 Å². The van der Waals surface area contributed by atoms with Crippen molar-refractivity contribution in [2.75, 3.05) is 0 Å². The number of hydrogen-bond acceptors (Lipinski definition) is 0. The first kappa shape index (κ1) is 7.41. The Kier molecular flexibility index (Phi) is 2.17. The first-order chi connectivity index (χ1) is 4.92. The van der Waals surface area contributed by atoms with Gasteiger partial charge in [0.15, 0.2) is 0 Å². The van der Waals surface area contributed by atoms with Gasteiger partial charge in [-0.05, 0) is 24.2 Å². The molecule has 0 N–H and O–H groups in total. The lowest BCUT2D eigenvalue weighted by molar-refractivity contribution is 0.121. The highest BCUT2D eigenvalue weighted by molar-refractivity contribution is 5.17. The van der Waals surface area contributed by atoms with Gasteiger partial charge in [-0.15, -0.1) is 12.8 Å². The molecular formula is C10H14. The molecular weight excluding hydrogens is 120 g/mol. The van der Waals surface area contributed by atoms with Gasteiger partial charge in [-0.25, -0.2) is 0 Å². The van der Waals surface area contributed by atoms with Crippen molar-refractivity contribution in [3.05, 3.63) is 12.2 Å². The Bertz CT molecular complexity index is 153. The molecule has 0 spiro atoms. The molecule has 2 aliphatic carbocycles. The fourth-order valence-corrected chi connectivity index (χ4v) is 1.89. The van der Waals surface area contributed by atoms with E-state index in [1.165, 1.54) is 12.8 Å². The molecule has 0 aliphatic heterocycles. The largest absolute Gasteiger partial charge is 0.124 e. The first-order valence-electron chi connectivity index (χ1n) is 3.93. The van der Waals surface area contributed by atoms with Crippen LogP contribution in [0.15, 0.2) is 12.2 Å². The van der Waals surface area contributed by atoms with Crippen molar-refractivity contribution in [1.29, 1.82) is 0 Å². The standard InChI is InChI=1S/C8H12.C2H2/c1-2-6-5-7-3-4-8(6)7;1-2/h3-4,6-8H,2,5H2,1H3;1-2H. The van der Waals surface area contributed by atoms with Gasteiger partial charge in [0.05, 0.1) is 0 Å². The Labute approximate surface area is 63.3 Å². The summed E-state index contributed by atoms with van der Waals surface area (Å²) >= 11 is 0. The molecule has 54 valence electrons. The molecule has 0 heterocycles. The third kappa shape index (κ3) is 0.865. The van der Waals surface area contributed by atoms with Crippen LogP contribution < -0.4 is 0 Å². The van der Waals surface area contributed by atoms with Crippen LogP contribution in [0.2, 0.25) is 0 Å². The van der Waals surface area contributed by atoms with Crippen molar-refractivity contribution in [2.24, 2.45) is 17.8 Å². The molecule has 0 saturated heterocycles. The maximum Gasteiger partial charge on any atom is -0.0142 e. The van der Waals surface area contributed by atoms with Gasteiger partial charge in [0.1, 0.15) is 0 Å². The molecule has 1 fully saturated rings. The lowest BCUT2D eigenvalue weighted by Crippen LogP contribution is -2.38. The highest BCUT2D eigenvalue weighted by Gasteiger charge is 2.40. The van der Waals surface area contributed by atoms with Gasteiger partial charge in [-0.3, -0.25) is 0 Å². The molecule has 0 nitrogen and oxygen atoms in total. The summed E-state index contributed by atoms with van der Waals surface area (Å²) in [6.07, 6.45) is 15.6. The molecule has 0 radical (unpaired) electrons. The molecule has 10 heavy (non-hydrogen) atoms. The van der Waals surface area contributed by atoms with Crippen LogP contribution in [0, 0.1) is 30.6 Å². The van der Waals surface area contributed by atoms with Crippen molar-refractivity contribution in [3.8, 4) is 12.8 Å². The Hall–Kier alpha value is -0.700. The van der Waals surface area contributed by atoms with Crippen molar-refractivity contribution in [1.82, 2.24) is 0 Å². The summed E-state index contributed by atoms with van der Waals surface area (Å²) in [6.45, 7) is 2.30. The Morgan fingerprint density at radius 2 is 2.10 bits per heavy atom. The van der Waals surface area contributed by atoms with E-state index in [4.69, 9.17) is 0 Å². The normalized spacial score (nSPS) is 39.7. The molecule has 3 atom stereocenters. The number of hydrogen-bond donors (Lipinski definition) is 0. The minimum Gasteiger partial charge on any atom is -0.124 e. The molecule has 0 heteroatoms. The van der Waals surface area contributed by atoms with Crippen LogP contribution >= 0.6 is 0 Å². The molecule has 3 unspecified atom stereocenters. The third-order valence-electron chi connectivity index (χ3n) is 2.72. The number of fused-ring (bicyclic) bond motifs is 1. The smallest absolute Gasteiger partial charge is 0.0142 e. The van der Waals surface area contributed by atoms with E-state index in [1.807, 2.05) is 0 Å². The van der Waals surface area contributed by atoms with E-state index in [1.54, 1.807) is 0 Å². The van der Waals surface area contributed by atoms with Gasteiger partial charge in [0.2, 0.25) is 0 Å². The van der Waals surface area contributed by atoms with Crippen LogP contribution in [-0.2, 0) is 0 Å². The Balaban J connectivity index is 0.000000231. The summed E-state index contributed by atoms with van der Waals surface area (Å²) in [6, 6.07) is 0. The summed E-state index contributed by atoms with van der Waals surface area (Å²) in [5.74, 6) is 3.09. The summed E-state index contributed by atoms with van der Waals surface area (Å²) in [5.41, 5.74) is 0. The van der Waals surface area contributed by atoms with Crippen LogP contribution in [0.5, 0.6) is 0 Å². The zero-order valence-corrected chi connectivity index (χ0v) is 6.46. The van der Waals surface area contributed by atoms with Crippen molar-refractivity contribution in [3.63, 3.8) is 0 Å². The number of terminal acetylenes is 1. The van der Waals surface area contributed by atoms with E-state index in [9.17, 15) is 0 Å². The third-order valence-corrected chi connectivity index (χ3v) is 2.72. The van der Waals surface area contributed by atoms with Gasteiger partial charge < -0.3 is 0 Å². The molecule has 0 bridgehead atoms. The number of allylic oxidation sites excluding steroid dienone is 2. The van der Waals surface area contributed by atoms with Crippen LogP contribution in [0.3, 0.4) is 0 Å². The predicted octanol–water partition coefficient (Wildman–Crippen LogP) is 2.47. The van der Waals surface area contributed by atoms with Gasteiger partial charge in [0.25, 0.3) is 0 Å². The molecule has 0 amide bonds. The molecule has 0 aromatic rings. The van der Waals surface area contributed by atoms with Crippen molar-refractivity contribution < 1.29 is 0 Å². The summed E-state index contributed by atoms with van der Waals surface area (Å²) in [5, 5.41) is 0.